The van der Waals surface area contributed by atoms with Gasteiger partial charge in [0.1, 0.15) is 11.5 Å². The smallest absolute Gasteiger partial charge is 0.271 e. The first-order valence-corrected chi connectivity index (χ1v) is 7.90. The summed E-state index contributed by atoms with van der Waals surface area (Å²) in [7, 11) is 0. The second-order valence-corrected chi connectivity index (χ2v) is 5.93. The summed E-state index contributed by atoms with van der Waals surface area (Å²) in [5.74, 6) is 0.430. The SMILES string of the molecule is CC(C)COc1ccc(C(=O)N/N=C/c2cc([N+](=O)[O-])ccc2O)cc1. The first-order chi connectivity index (χ1) is 12.4. The van der Waals surface area contributed by atoms with E-state index in [1.165, 1.54) is 12.1 Å². The molecule has 0 unspecified atom stereocenters. The average molecular weight is 357 g/mol. The van der Waals surface area contributed by atoms with Gasteiger partial charge in [0.05, 0.1) is 17.7 Å². The number of ether oxygens (including phenoxy) is 1. The molecule has 2 aromatic carbocycles. The lowest BCUT2D eigenvalue weighted by Gasteiger charge is -2.08. The standard InChI is InChI=1S/C18H19N3O5/c1-12(2)11-26-16-6-3-13(4-7-16)18(23)20-19-10-14-9-15(21(24)25)5-8-17(14)22/h3-10,12,22H,11H2,1-2H3,(H,20,23)/b19-10+. The predicted octanol–water partition coefficient (Wildman–Crippen LogP) is 3.10. The number of nitrogens with zero attached hydrogens (tertiary/aromatic N) is 2. The first-order valence-electron chi connectivity index (χ1n) is 7.90. The maximum atomic E-state index is 12.0. The van der Waals surface area contributed by atoms with Gasteiger partial charge in [-0.1, -0.05) is 13.8 Å². The quantitative estimate of drug-likeness (QED) is 0.449. The van der Waals surface area contributed by atoms with Gasteiger partial charge in [-0.3, -0.25) is 14.9 Å². The number of amides is 1. The molecule has 0 bridgehead atoms. The number of non-ortho nitro benzene ring substituents is 1. The lowest BCUT2D eigenvalue weighted by Crippen LogP contribution is -2.17. The Bertz CT molecular complexity index is 816. The van der Waals surface area contributed by atoms with Gasteiger partial charge in [0.25, 0.3) is 11.6 Å². The molecule has 0 saturated carbocycles. The van der Waals surface area contributed by atoms with E-state index in [2.05, 4.69) is 10.5 Å². The molecule has 136 valence electrons. The van der Waals surface area contributed by atoms with E-state index < -0.39 is 10.8 Å². The van der Waals surface area contributed by atoms with Crippen LogP contribution >= 0.6 is 0 Å². The van der Waals surface area contributed by atoms with Crippen molar-refractivity contribution < 1.29 is 19.6 Å². The molecule has 2 aromatic rings. The summed E-state index contributed by atoms with van der Waals surface area (Å²) in [5.41, 5.74) is 2.61. The van der Waals surface area contributed by atoms with Crippen LogP contribution in [0, 0.1) is 16.0 Å². The molecule has 26 heavy (non-hydrogen) atoms. The Balaban J connectivity index is 1.99. The number of carbonyl (C=O) groups is 1. The summed E-state index contributed by atoms with van der Waals surface area (Å²) in [6.45, 7) is 4.67. The molecule has 0 aliphatic heterocycles. The summed E-state index contributed by atoms with van der Waals surface area (Å²) >= 11 is 0. The van der Waals surface area contributed by atoms with E-state index in [4.69, 9.17) is 4.74 Å². The second kappa shape index (κ2) is 8.61. The fraction of sp³-hybridized carbons (Fsp3) is 0.222. The molecule has 2 N–H and O–H groups in total. The molecule has 0 fully saturated rings. The van der Waals surface area contributed by atoms with Crippen LogP contribution in [0.4, 0.5) is 5.69 Å². The number of nitro groups is 1. The Kier molecular flexibility index (Phi) is 6.26. The van der Waals surface area contributed by atoms with Crippen LogP contribution in [0.2, 0.25) is 0 Å². The van der Waals surface area contributed by atoms with E-state index in [0.717, 1.165) is 12.3 Å². The average Bonchev–Trinajstić information content (AvgIpc) is 2.61. The third-order valence-electron chi connectivity index (χ3n) is 3.29. The number of hydrogen-bond donors (Lipinski definition) is 2. The Hall–Kier alpha value is -3.42. The minimum Gasteiger partial charge on any atom is -0.507 e. The highest BCUT2D eigenvalue weighted by atomic mass is 16.6. The Morgan fingerprint density at radius 2 is 2.00 bits per heavy atom. The van der Waals surface area contributed by atoms with Gasteiger partial charge < -0.3 is 9.84 Å². The normalized spacial score (nSPS) is 10.9. The van der Waals surface area contributed by atoms with Crippen molar-refractivity contribution >= 4 is 17.8 Å². The molecule has 2 rings (SSSR count). The molecule has 0 radical (unpaired) electrons. The number of hydrogen-bond acceptors (Lipinski definition) is 6. The molecule has 0 aromatic heterocycles. The third kappa shape index (κ3) is 5.30. The summed E-state index contributed by atoms with van der Waals surface area (Å²) in [6.07, 6.45) is 1.14. The fourth-order valence-corrected chi connectivity index (χ4v) is 1.95. The number of carbonyl (C=O) groups excluding carboxylic acids is 1. The van der Waals surface area contributed by atoms with Crippen LogP contribution in [-0.2, 0) is 0 Å². The first kappa shape index (κ1) is 18.9. The molecular formula is C18H19N3O5. The maximum absolute atomic E-state index is 12.0. The van der Waals surface area contributed by atoms with Gasteiger partial charge in [-0.2, -0.15) is 5.10 Å². The van der Waals surface area contributed by atoms with Crippen molar-refractivity contribution in [3.63, 3.8) is 0 Å². The van der Waals surface area contributed by atoms with Crippen molar-refractivity contribution in [2.45, 2.75) is 13.8 Å². The molecule has 8 heteroatoms. The van der Waals surface area contributed by atoms with E-state index in [1.807, 2.05) is 13.8 Å². The Labute approximate surface area is 150 Å². The largest absolute Gasteiger partial charge is 0.507 e. The van der Waals surface area contributed by atoms with Gasteiger partial charge in [-0.05, 0) is 36.2 Å². The second-order valence-electron chi connectivity index (χ2n) is 5.93. The van der Waals surface area contributed by atoms with Crippen molar-refractivity contribution in [2.75, 3.05) is 6.61 Å². The number of aromatic hydroxyl groups is 1. The zero-order chi connectivity index (χ0) is 19.1. The number of rotatable bonds is 7. The number of phenols is 1. The van der Waals surface area contributed by atoms with Gasteiger partial charge >= 0.3 is 0 Å². The highest BCUT2D eigenvalue weighted by Gasteiger charge is 2.09. The molecule has 8 nitrogen and oxygen atoms in total. The predicted molar refractivity (Wildman–Crippen MR) is 96.6 cm³/mol. The lowest BCUT2D eigenvalue weighted by molar-refractivity contribution is -0.384. The van der Waals surface area contributed by atoms with E-state index >= 15 is 0 Å². The number of benzene rings is 2. The van der Waals surface area contributed by atoms with Crippen LogP contribution in [0.1, 0.15) is 29.8 Å². The maximum Gasteiger partial charge on any atom is 0.271 e. The van der Waals surface area contributed by atoms with Crippen LogP contribution in [-0.4, -0.2) is 28.8 Å². The zero-order valence-electron chi connectivity index (χ0n) is 14.4. The zero-order valence-corrected chi connectivity index (χ0v) is 14.4. The molecule has 0 spiro atoms. The lowest BCUT2D eigenvalue weighted by atomic mass is 10.2. The van der Waals surface area contributed by atoms with E-state index in [0.29, 0.717) is 23.8 Å². The van der Waals surface area contributed by atoms with Crippen LogP contribution in [0.25, 0.3) is 0 Å². The van der Waals surface area contributed by atoms with E-state index in [-0.39, 0.29) is 17.0 Å². The van der Waals surface area contributed by atoms with Crippen molar-refractivity contribution in [1.82, 2.24) is 5.43 Å². The number of nitrogens with one attached hydrogen (secondary N) is 1. The molecular weight excluding hydrogens is 338 g/mol. The Morgan fingerprint density at radius 3 is 2.62 bits per heavy atom. The van der Waals surface area contributed by atoms with Crippen molar-refractivity contribution in [3.8, 4) is 11.5 Å². The highest BCUT2D eigenvalue weighted by Crippen LogP contribution is 2.21. The summed E-state index contributed by atoms with van der Waals surface area (Å²) < 4.78 is 5.54. The van der Waals surface area contributed by atoms with E-state index in [1.54, 1.807) is 24.3 Å². The van der Waals surface area contributed by atoms with Gasteiger partial charge in [0.2, 0.25) is 0 Å². The molecule has 1 amide bonds. The molecule has 0 atom stereocenters. The fourth-order valence-electron chi connectivity index (χ4n) is 1.95. The monoisotopic (exact) mass is 357 g/mol. The van der Waals surface area contributed by atoms with Crippen LogP contribution in [0.5, 0.6) is 11.5 Å². The minimum atomic E-state index is -0.585. The Morgan fingerprint density at radius 1 is 1.31 bits per heavy atom. The summed E-state index contributed by atoms with van der Waals surface area (Å²) in [4.78, 5) is 22.2. The minimum absolute atomic E-state index is 0.122. The van der Waals surface area contributed by atoms with Gasteiger partial charge in [0.15, 0.2) is 0 Å². The van der Waals surface area contributed by atoms with E-state index in [9.17, 15) is 20.0 Å². The summed E-state index contributed by atoms with van der Waals surface area (Å²) in [6, 6.07) is 10.1. The third-order valence-corrected chi connectivity index (χ3v) is 3.29. The summed E-state index contributed by atoms with van der Waals surface area (Å²) in [5, 5.41) is 24.1. The molecule has 0 aliphatic rings. The molecule has 0 saturated heterocycles. The van der Waals surface area contributed by atoms with Crippen LogP contribution in [0.15, 0.2) is 47.6 Å². The van der Waals surface area contributed by atoms with Crippen molar-refractivity contribution in [2.24, 2.45) is 11.0 Å². The van der Waals surface area contributed by atoms with Crippen molar-refractivity contribution in [1.29, 1.82) is 0 Å². The van der Waals surface area contributed by atoms with Crippen LogP contribution in [0.3, 0.4) is 0 Å². The van der Waals surface area contributed by atoms with Gasteiger partial charge in [0, 0.05) is 23.3 Å². The van der Waals surface area contributed by atoms with Gasteiger partial charge in [-0.15, -0.1) is 0 Å². The molecule has 0 heterocycles. The number of phenolic OH excluding ortho intramolecular Hbond substituents is 1. The molecule has 0 aliphatic carbocycles. The van der Waals surface area contributed by atoms with Crippen LogP contribution < -0.4 is 10.2 Å². The topological polar surface area (TPSA) is 114 Å². The number of nitro benzene ring substituents is 1. The van der Waals surface area contributed by atoms with Crippen molar-refractivity contribution in [3.05, 3.63) is 63.7 Å². The highest BCUT2D eigenvalue weighted by molar-refractivity contribution is 5.95. The van der Waals surface area contributed by atoms with Gasteiger partial charge in [-0.25, -0.2) is 5.43 Å². The number of hydrazone groups is 1.